The zero-order valence-corrected chi connectivity index (χ0v) is 13.2. The zero-order valence-electron chi connectivity index (χ0n) is 13.2. The van der Waals surface area contributed by atoms with E-state index in [1.165, 1.54) is 6.07 Å². The van der Waals surface area contributed by atoms with Gasteiger partial charge in [-0.15, -0.1) is 0 Å². The number of hydrogen-bond donors (Lipinski definition) is 1. The predicted octanol–water partition coefficient (Wildman–Crippen LogP) is 4.51. The van der Waals surface area contributed by atoms with Gasteiger partial charge in [-0.2, -0.15) is 0 Å². The molecule has 2 aliphatic carbocycles. The Hall–Kier alpha value is -1.97. The first-order valence-corrected chi connectivity index (χ1v) is 8.23. The molecule has 2 saturated carbocycles. The van der Waals surface area contributed by atoms with Gasteiger partial charge in [-0.1, -0.05) is 0 Å². The molecule has 0 bridgehead atoms. The lowest BCUT2D eigenvalue weighted by Gasteiger charge is -2.31. The molecule has 2 fully saturated rings. The molecule has 1 N–H and O–H groups in total. The molecule has 120 valence electrons. The molecule has 1 aromatic heterocycles. The van der Waals surface area contributed by atoms with Gasteiger partial charge in [0.05, 0.1) is 10.9 Å². The second kappa shape index (κ2) is 4.76. The lowest BCUT2D eigenvalue weighted by Crippen LogP contribution is -2.25. The Morgan fingerprint density at radius 3 is 2.70 bits per heavy atom. The summed E-state index contributed by atoms with van der Waals surface area (Å²) in [6, 6.07) is 6.73. The summed E-state index contributed by atoms with van der Waals surface area (Å²) in [5.41, 5.74) is 1.43. The van der Waals surface area contributed by atoms with Crippen LogP contribution in [0.15, 0.2) is 30.5 Å². The van der Waals surface area contributed by atoms with Crippen molar-refractivity contribution in [2.45, 2.75) is 44.9 Å². The van der Waals surface area contributed by atoms with Crippen LogP contribution in [0.3, 0.4) is 0 Å². The van der Waals surface area contributed by atoms with Gasteiger partial charge in [-0.25, -0.2) is 4.39 Å². The highest BCUT2D eigenvalue weighted by Gasteiger charge is 2.68. The maximum absolute atomic E-state index is 13.6. The Kier molecular flexibility index (Phi) is 3.03. The fourth-order valence-corrected chi connectivity index (χ4v) is 4.64. The SMILES string of the molecule is CC1(C(=O)O)CC12CCC(c1ccnc3ccc(F)cc13)CC2. The van der Waals surface area contributed by atoms with Crippen LogP contribution in [-0.4, -0.2) is 16.1 Å². The maximum Gasteiger partial charge on any atom is 0.309 e. The molecule has 0 radical (unpaired) electrons. The fraction of sp³-hybridized carbons (Fsp3) is 0.474. The van der Waals surface area contributed by atoms with Crippen LogP contribution < -0.4 is 0 Å². The summed E-state index contributed by atoms with van der Waals surface area (Å²) < 4.78 is 13.6. The van der Waals surface area contributed by atoms with Crippen molar-refractivity contribution in [3.63, 3.8) is 0 Å². The van der Waals surface area contributed by atoms with Gasteiger partial charge in [-0.05, 0) is 80.2 Å². The molecule has 0 amide bonds. The van der Waals surface area contributed by atoms with Crippen LogP contribution >= 0.6 is 0 Å². The number of halogens is 1. The van der Waals surface area contributed by atoms with Crippen LogP contribution in [0.4, 0.5) is 4.39 Å². The highest BCUT2D eigenvalue weighted by Crippen LogP contribution is 2.71. The Labute approximate surface area is 134 Å². The molecule has 0 saturated heterocycles. The van der Waals surface area contributed by atoms with E-state index >= 15 is 0 Å². The van der Waals surface area contributed by atoms with Gasteiger partial charge in [0.2, 0.25) is 0 Å². The molecule has 1 aromatic carbocycles. The summed E-state index contributed by atoms with van der Waals surface area (Å²) >= 11 is 0. The molecule has 4 heteroatoms. The van der Waals surface area contributed by atoms with E-state index < -0.39 is 11.4 Å². The number of benzene rings is 1. The summed E-state index contributed by atoms with van der Waals surface area (Å²) in [5.74, 6) is -0.529. The van der Waals surface area contributed by atoms with Crippen molar-refractivity contribution >= 4 is 16.9 Å². The van der Waals surface area contributed by atoms with Crippen molar-refractivity contribution in [2.24, 2.45) is 10.8 Å². The van der Waals surface area contributed by atoms with E-state index in [1.54, 1.807) is 18.3 Å². The number of carboxylic acids is 1. The number of carboxylic acid groups (broad SMARTS) is 1. The molecule has 1 unspecified atom stereocenters. The van der Waals surface area contributed by atoms with Crippen LogP contribution in [0.5, 0.6) is 0 Å². The van der Waals surface area contributed by atoms with Crippen molar-refractivity contribution in [2.75, 3.05) is 0 Å². The third kappa shape index (κ3) is 2.07. The maximum atomic E-state index is 13.6. The molecule has 4 rings (SSSR count). The Balaban J connectivity index is 1.60. The number of pyridine rings is 1. The number of carbonyl (C=O) groups is 1. The molecule has 1 atom stereocenters. The van der Waals surface area contributed by atoms with Crippen LogP contribution in [0.2, 0.25) is 0 Å². The van der Waals surface area contributed by atoms with Gasteiger partial charge in [0.15, 0.2) is 0 Å². The molecule has 23 heavy (non-hydrogen) atoms. The monoisotopic (exact) mass is 313 g/mol. The van der Waals surface area contributed by atoms with E-state index in [1.807, 2.05) is 13.0 Å². The minimum atomic E-state index is -0.660. The van der Waals surface area contributed by atoms with Crippen molar-refractivity contribution in [3.05, 3.63) is 41.8 Å². The molecular weight excluding hydrogens is 293 g/mol. The number of aromatic nitrogens is 1. The Morgan fingerprint density at radius 2 is 2.04 bits per heavy atom. The van der Waals surface area contributed by atoms with Gasteiger partial charge in [0.1, 0.15) is 5.82 Å². The number of aliphatic carboxylic acids is 1. The van der Waals surface area contributed by atoms with E-state index in [2.05, 4.69) is 4.98 Å². The number of hydrogen-bond acceptors (Lipinski definition) is 2. The van der Waals surface area contributed by atoms with E-state index in [0.29, 0.717) is 5.92 Å². The topological polar surface area (TPSA) is 50.2 Å². The van der Waals surface area contributed by atoms with Crippen LogP contribution in [0.1, 0.15) is 50.5 Å². The van der Waals surface area contributed by atoms with Crippen LogP contribution in [0.25, 0.3) is 10.9 Å². The summed E-state index contributed by atoms with van der Waals surface area (Å²) in [5, 5.41) is 10.3. The predicted molar refractivity (Wildman–Crippen MR) is 85.7 cm³/mol. The van der Waals surface area contributed by atoms with Gasteiger partial charge in [0, 0.05) is 11.6 Å². The molecule has 1 heterocycles. The first-order valence-electron chi connectivity index (χ1n) is 8.23. The molecule has 3 nitrogen and oxygen atoms in total. The van der Waals surface area contributed by atoms with Crippen molar-refractivity contribution in [1.82, 2.24) is 4.98 Å². The van der Waals surface area contributed by atoms with Gasteiger partial charge >= 0.3 is 5.97 Å². The Bertz CT molecular complexity index is 795. The van der Waals surface area contributed by atoms with E-state index in [0.717, 1.165) is 48.6 Å². The lowest BCUT2D eigenvalue weighted by atomic mass is 9.73. The minimum Gasteiger partial charge on any atom is -0.481 e. The van der Waals surface area contributed by atoms with Crippen molar-refractivity contribution in [3.8, 4) is 0 Å². The standard InChI is InChI=1S/C19H20FNO2/c1-18(17(22)23)11-19(18)7-4-12(5-8-19)14-6-9-21-16-3-2-13(20)10-15(14)16/h2-3,6,9-10,12H,4-5,7-8,11H2,1H3,(H,22,23). The summed E-state index contributed by atoms with van der Waals surface area (Å²) in [6.45, 7) is 1.88. The largest absolute Gasteiger partial charge is 0.481 e. The van der Waals surface area contributed by atoms with E-state index in [9.17, 15) is 14.3 Å². The molecule has 2 aliphatic rings. The first kappa shape index (κ1) is 14.6. The zero-order chi connectivity index (χ0) is 16.2. The highest BCUT2D eigenvalue weighted by atomic mass is 19.1. The van der Waals surface area contributed by atoms with Gasteiger partial charge in [0.25, 0.3) is 0 Å². The number of fused-ring (bicyclic) bond motifs is 1. The smallest absolute Gasteiger partial charge is 0.309 e. The number of nitrogens with zero attached hydrogens (tertiary/aromatic N) is 1. The first-order chi connectivity index (χ1) is 11.0. The molecular formula is C19H20FNO2. The van der Waals surface area contributed by atoms with Crippen LogP contribution in [0, 0.1) is 16.6 Å². The molecule has 1 spiro atoms. The average molecular weight is 313 g/mol. The summed E-state index contributed by atoms with van der Waals surface area (Å²) in [7, 11) is 0. The van der Waals surface area contributed by atoms with Gasteiger partial charge < -0.3 is 5.11 Å². The van der Waals surface area contributed by atoms with E-state index in [4.69, 9.17) is 0 Å². The highest BCUT2D eigenvalue weighted by molar-refractivity contribution is 5.83. The quantitative estimate of drug-likeness (QED) is 0.887. The van der Waals surface area contributed by atoms with Crippen molar-refractivity contribution < 1.29 is 14.3 Å². The normalized spacial score (nSPS) is 33.0. The third-order valence-electron chi connectivity index (χ3n) is 6.33. The summed E-state index contributed by atoms with van der Waals surface area (Å²) in [6.07, 6.45) is 6.42. The van der Waals surface area contributed by atoms with E-state index in [-0.39, 0.29) is 11.2 Å². The second-order valence-corrected chi connectivity index (χ2v) is 7.43. The second-order valence-electron chi connectivity index (χ2n) is 7.43. The Morgan fingerprint density at radius 1 is 1.30 bits per heavy atom. The number of rotatable bonds is 2. The minimum absolute atomic E-state index is 0.0105. The summed E-state index contributed by atoms with van der Waals surface area (Å²) in [4.78, 5) is 15.8. The average Bonchev–Trinajstić information content (AvgIpc) is 3.13. The van der Waals surface area contributed by atoms with Crippen LogP contribution in [-0.2, 0) is 4.79 Å². The van der Waals surface area contributed by atoms with Crippen molar-refractivity contribution in [1.29, 1.82) is 0 Å². The molecule has 2 aromatic rings. The lowest BCUT2D eigenvalue weighted by molar-refractivity contribution is -0.144. The van der Waals surface area contributed by atoms with Gasteiger partial charge in [-0.3, -0.25) is 9.78 Å². The fourth-order valence-electron chi connectivity index (χ4n) is 4.64. The third-order valence-corrected chi connectivity index (χ3v) is 6.33. The molecule has 0 aliphatic heterocycles.